The number of nitrogens with zero attached hydrogens (tertiary/aromatic N) is 2. The second-order valence-corrected chi connectivity index (χ2v) is 7.68. The predicted octanol–water partition coefficient (Wildman–Crippen LogP) is 3.21. The van der Waals surface area contributed by atoms with Crippen molar-refractivity contribution < 1.29 is 19.4 Å². The summed E-state index contributed by atoms with van der Waals surface area (Å²) in [5.74, 6) is -0.729. The van der Waals surface area contributed by atoms with Gasteiger partial charge in [0.1, 0.15) is 11.5 Å². The Balaban J connectivity index is 1.77. The highest BCUT2D eigenvalue weighted by Crippen LogP contribution is 2.40. The zero-order chi connectivity index (χ0) is 21.1. The fourth-order valence-corrected chi connectivity index (χ4v) is 4.28. The summed E-state index contributed by atoms with van der Waals surface area (Å²) in [6.07, 6.45) is 2.32. The topological polar surface area (TPSA) is 70.1 Å². The maximum Gasteiger partial charge on any atom is 0.295 e. The molecule has 2 saturated heterocycles. The first-order chi connectivity index (χ1) is 14.6. The van der Waals surface area contributed by atoms with Crippen molar-refractivity contribution in [2.24, 2.45) is 0 Å². The number of hydrogen-bond acceptors (Lipinski definition) is 5. The molecule has 2 aromatic rings. The monoisotopic (exact) mass is 406 g/mol. The first kappa shape index (κ1) is 20.2. The molecule has 2 aromatic carbocycles. The molecule has 2 aliphatic rings. The number of methoxy groups -OCH3 is 1. The van der Waals surface area contributed by atoms with Gasteiger partial charge in [0, 0.05) is 18.7 Å². The number of carbonyl (C=O) groups excluding carboxylic acids is 2. The van der Waals surface area contributed by atoms with E-state index in [4.69, 9.17) is 4.74 Å². The number of benzene rings is 2. The average molecular weight is 406 g/mol. The Hall–Kier alpha value is -3.12. The highest BCUT2D eigenvalue weighted by atomic mass is 16.5. The molecule has 30 heavy (non-hydrogen) atoms. The zero-order valence-electron chi connectivity index (χ0n) is 17.1. The van der Waals surface area contributed by atoms with Crippen LogP contribution in [-0.4, -0.2) is 59.9 Å². The highest BCUT2D eigenvalue weighted by Gasteiger charge is 2.46. The molecule has 1 amide bonds. The van der Waals surface area contributed by atoms with Gasteiger partial charge in [0.2, 0.25) is 0 Å². The minimum Gasteiger partial charge on any atom is -0.507 e. The van der Waals surface area contributed by atoms with Gasteiger partial charge in [0.05, 0.1) is 18.7 Å². The van der Waals surface area contributed by atoms with E-state index in [1.54, 1.807) is 36.3 Å². The van der Waals surface area contributed by atoms with E-state index in [2.05, 4.69) is 4.90 Å². The smallest absolute Gasteiger partial charge is 0.295 e. The summed E-state index contributed by atoms with van der Waals surface area (Å²) in [6.45, 7) is 3.16. The van der Waals surface area contributed by atoms with E-state index in [1.807, 2.05) is 30.3 Å². The quantitative estimate of drug-likeness (QED) is 0.453. The second-order valence-electron chi connectivity index (χ2n) is 7.68. The maximum absolute atomic E-state index is 13.0. The van der Waals surface area contributed by atoms with Gasteiger partial charge < -0.3 is 19.6 Å². The van der Waals surface area contributed by atoms with Crippen LogP contribution >= 0.6 is 0 Å². The molecule has 0 aliphatic carbocycles. The van der Waals surface area contributed by atoms with Crippen molar-refractivity contribution in [2.75, 3.05) is 33.3 Å². The molecule has 0 spiro atoms. The number of ketones is 1. The standard InChI is InChI=1S/C24H26N2O4/c1-30-19-11-7-10-18(16-19)21-20(22(27)17-8-3-2-4-9-17)23(28)24(29)26(21)15-14-25-12-5-6-13-25/h2-4,7-11,16,21,27H,5-6,12-15H2,1H3/b22-20+. The van der Waals surface area contributed by atoms with E-state index < -0.39 is 17.7 Å². The van der Waals surface area contributed by atoms with Crippen LogP contribution < -0.4 is 4.74 Å². The van der Waals surface area contributed by atoms with Crippen LogP contribution in [0, 0.1) is 0 Å². The highest BCUT2D eigenvalue weighted by molar-refractivity contribution is 6.46. The molecule has 2 heterocycles. The molecule has 0 saturated carbocycles. The molecule has 6 heteroatoms. The number of likely N-dealkylation sites (tertiary alicyclic amines) is 2. The molecule has 0 aromatic heterocycles. The Kier molecular flexibility index (Phi) is 5.86. The van der Waals surface area contributed by atoms with Crippen molar-refractivity contribution in [2.45, 2.75) is 18.9 Å². The van der Waals surface area contributed by atoms with Gasteiger partial charge >= 0.3 is 0 Å². The molecular weight excluding hydrogens is 380 g/mol. The predicted molar refractivity (Wildman–Crippen MR) is 114 cm³/mol. The molecule has 6 nitrogen and oxygen atoms in total. The lowest BCUT2D eigenvalue weighted by Crippen LogP contribution is -2.37. The number of rotatable bonds is 6. The summed E-state index contributed by atoms with van der Waals surface area (Å²) in [5, 5.41) is 11.0. The summed E-state index contributed by atoms with van der Waals surface area (Å²) >= 11 is 0. The Labute approximate surface area is 176 Å². The van der Waals surface area contributed by atoms with Crippen LogP contribution in [0.3, 0.4) is 0 Å². The molecule has 156 valence electrons. The van der Waals surface area contributed by atoms with Crippen molar-refractivity contribution in [3.05, 3.63) is 71.3 Å². The largest absolute Gasteiger partial charge is 0.507 e. The fourth-order valence-electron chi connectivity index (χ4n) is 4.28. The Morgan fingerprint density at radius 3 is 2.47 bits per heavy atom. The van der Waals surface area contributed by atoms with Crippen molar-refractivity contribution in [3.63, 3.8) is 0 Å². The third kappa shape index (κ3) is 3.83. The SMILES string of the molecule is COc1cccc(C2/C(=C(\O)c3ccccc3)C(=O)C(=O)N2CCN2CCCC2)c1. The molecule has 2 fully saturated rings. The summed E-state index contributed by atoms with van der Waals surface area (Å²) in [6, 6.07) is 15.6. The number of aliphatic hydroxyl groups excluding tert-OH is 1. The summed E-state index contributed by atoms with van der Waals surface area (Å²) in [7, 11) is 1.58. The minimum atomic E-state index is -0.650. The van der Waals surface area contributed by atoms with Crippen LogP contribution in [0.4, 0.5) is 0 Å². The van der Waals surface area contributed by atoms with E-state index in [0.717, 1.165) is 31.5 Å². The summed E-state index contributed by atoms with van der Waals surface area (Å²) in [4.78, 5) is 29.9. The molecule has 2 aliphatic heterocycles. The van der Waals surface area contributed by atoms with Crippen LogP contribution in [0.5, 0.6) is 5.75 Å². The van der Waals surface area contributed by atoms with Gasteiger partial charge in [-0.3, -0.25) is 9.59 Å². The van der Waals surface area contributed by atoms with Crippen molar-refractivity contribution in [1.29, 1.82) is 0 Å². The molecule has 0 bridgehead atoms. The van der Waals surface area contributed by atoms with Crippen LogP contribution in [0.1, 0.15) is 30.0 Å². The second kappa shape index (κ2) is 8.71. The van der Waals surface area contributed by atoms with Gasteiger partial charge in [-0.1, -0.05) is 42.5 Å². The van der Waals surface area contributed by atoms with E-state index in [1.165, 1.54) is 0 Å². The lowest BCUT2D eigenvalue weighted by atomic mass is 9.95. The third-order valence-corrected chi connectivity index (χ3v) is 5.85. The number of aliphatic hydroxyl groups is 1. The number of carbonyl (C=O) groups is 2. The summed E-state index contributed by atoms with van der Waals surface area (Å²) in [5.41, 5.74) is 1.39. The lowest BCUT2D eigenvalue weighted by molar-refractivity contribution is -0.140. The molecular formula is C24H26N2O4. The Morgan fingerprint density at radius 2 is 1.77 bits per heavy atom. The Bertz CT molecular complexity index is 964. The van der Waals surface area contributed by atoms with Crippen LogP contribution in [0.2, 0.25) is 0 Å². The van der Waals surface area contributed by atoms with Gasteiger partial charge in [-0.25, -0.2) is 0 Å². The van der Waals surface area contributed by atoms with Gasteiger partial charge in [-0.05, 0) is 43.6 Å². The zero-order valence-corrected chi connectivity index (χ0v) is 17.1. The van der Waals surface area contributed by atoms with Crippen molar-refractivity contribution in [3.8, 4) is 5.75 Å². The third-order valence-electron chi connectivity index (χ3n) is 5.85. The van der Waals surface area contributed by atoms with Crippen molar-refractivity contribution in [1.82, 2.24) is 9.80 Å². The van der Waals surface area contributed by atoms with E-state index in [-0.39, 0.29) is 11.3 Å². The van der Waals surface area contributed by atoms with E-state index >= 15 is 0 Å². The normalized spacial score (nSPS) is 21.4. The maximum atomic E-state index is 13.0. The van der Waals surface area contributed by atoms with Gasteiger partial charge in [-0.2, -0.15) is 0 Å². The molecule has 1 atom stereocenters. The van der Waals surface area contributed by atoms with Gasteiger partial charge in [0.25, 0.3) is 11.7 Å². The van der Waals surface area contributed by atoms with Gasteiger partial charge in [0.15, 0.2) is 0 Å². The number of amides is 1. The van der Waals surface area contributed by atoms with E-state index in [0.29, 0.717) is 24.4 Å². The summed E-state index contributed by atoms with van der Waals surface area (Å²) < 4.78 is 5.35. The average Bonchev–Trinajstić information content (AvgIpc) is 3.39. The van der Waals surface area contributed by atoms with Gasteiger partial charge in [-0.15, -0.1) is 0 Å². The fraction of sp³-hybridized carbons (Fsp3) is 0.333. The molecule has 4 rings (SSSR count). The molecule has 0 radical (unpaired) electrons. The lowest BCUT2D eigenvalue weighted by Gasteiger charge is -2.27. The number of ether oxygens (including phenoxy) is 1. The number of hydrogen-bond donors (Lipinski definition) is 1. The van der Waals surface area contributed by atoms with E-state index in [9.17, 15) is 14.7 Å². The first-order valence-electron chi connectivity index (χ1n) is 10.3. The van der Waals surface area contributed by atoms with Crippen LogP contribution in [0.25, 0.3) is 5.76 Å². The first-order valence-corrected chi connectivity index (χ1v) is 10.3. The Morgan fingerprint density at radius 1 is 1.03 bits per heavy atom. The minimum absolute atomic E-state index is 0.126. The molecule has 1 N–H and O–H groups in total. The molecule has 1 unspecified atom stereocenters. The van der Waals surface area contributed by atoms with Crippen molar-refractivity contribution >= 4 is 17.4 Å². The van der Waals surface area contributed by atoms with Crippen LogP contribution in [0.15, 0.2) is 60.2 Å². The number of Topliss-reactive ketones (excluding diaryl/α,β-unsaturated/α-hetero) is 1. The van der Waals surface area contributed by atoms with Crippen LogP contribution in [-0.2, 0) is 9.59 Å².